The van der Waals surface area contributed by atoms with Crippen LogP contribution in [0.25, 0.3) is 0 Å². The zero-order chi connectivity index (χ0) is 13.9. The van der Waals surface area contributed by atoms with Gasteiger partial charge in [-0.25, -0.2) is 0 Å². The second-order valence-corrected chi connectivity index (χ2v) is 6.08. The first-order valence-corrected chi connectivity index (χ1v) is 7.92. The minimum absolute atomic E-state index is 0.436. The topological polar surface area (TPSA) is 24.5 Å². The number of likely N-dealkylation sites (N-methyl/N-ethyl adjacent to an activating group) is 2. The predicted molar refractivity (Wildman–Crippen MR) is 82.0 cm³/mol. The average molecular weight is 274 g/mol. The summed E-state index contributed by atoms with van der Waals surface area (Å²) in [6.07, 6.45) is 4.03. The number of rotatable bonds is 5. The van der Waals surface area contributed by atoms with Crippen LogP contribution < -0.4 is 5.32 Å². The maximum absolute atomic E-state index is 5.79. The Bertz CT molecular complexity index is 442. The van der Waals surface area contributed by atoms with Crippen molar-refractivity contribution in [3.05, 3.63) is 35.4 Å². The fraction of sp³-hybridized carbons (Fsp3) is 0.647. The molecule has 3 nitrogen and oxygen atoms in total. The SMILES string of the molecule is CCNC1c2ccccc2CC1N(C)CC1CCCO1. The lowest BCUT2D eigenvalue weighted by atomic mass is 10.1. The highest BCUT2D eigenvalue weighted by atomic mass is 16.5. The number of fused-ring (bicyclic) bond motifs is 1. The monoisotopic (exact) mass is 274 g/mol. The summed E-state index contributed by atoms with van der Waals surface area (Å²) in [5, 5.41) is 3.67. The molecule has 1 aliphatic heterocycles. The van der Waals surface area contributed by atoms with Crippen LogP contribution in [0, 0.1) is 0 Å². The smallest absolute Gasteiger partial charge is 0.0702 e. The van der Waals surface area contributed by atoms with Crippen molar-refractivity contribution in [3.63, 3.8) is 0 Å². The molecule has 1 saturated heterocycles. The average Bonchev–Trinajstić information content (AvgIpc) is 3.07. The molecule has 0 saturated carbocycles. The van der Waals surface area contributed by atoms with Crippen molar-refractivity contribution in [2.75, 3.05) is 26.7 Å². The van der Waals surface area contributed by atoms with Gasteiger partial charge in [-0.15, -0.1) is 0 Å². The molecule has 20 heavy (non-hydrogen) atoms. The molecule has 1 aromatic rings. The molecule has 3 rings (SSSR count). The van der Waals surface area contributed by atoms with Crippen LogP contribution in [0.2, 0.25) is 0 Å². The molecule has 0 spiro atoms. The van der Waals surface area contributed by atoms with Crippen molar-refractivity contribution in [2.45, 2.75) is 44.4 Å². The number of hydrogen-bond donors (Lipinski definition) is 1. The highest BCUT2D eigenvalue weighted by Gasteiger charge is 2.35. The molecule has 1 heterocycles. The van der Waals surface area contributed by atoms with Crippen molar-refractivity contribution in [3.8, 4) is 0 Å². The van der Waals surface area contributed by atoms with Gasteiger partial charge >= 0.3 is 0 Å². The largest absolute Gasteiger partial charge is 0.377 e. The van der Waals surface area contributed by atoms with Gasteiger partial charge in [0.2, 0.25) is 0 Å². The van der Waals surface area contributed by atoms with Crippen molar-refractivity contribution < 1.29 is 4.74 Å². The van der Waals surface area contributed by atoms with Crippen LogP contribution in [-0.4, -0.2) is 43.8 Å². The minimum Gasteiger partial charge on any atom is -0.377 e. The Morgan fingerprint density at radius 2 is 2.20 bits per heavy atom. The highest BCUT2D eigenvalue weighted by molar-refractivity contribution is 5.37. The van der Waals surface area contributed by atoms with Gasteiger partial charge in [0.05, 0.1) is 6.10 Å². The Hall–Kier alpha value is -0.900. The predicted octanol–water partition coefficient (Wildman–Crippen LogP) is 2.37. The summed E-state index contributed by atoms with van der Waals surface area (Å²) in [6.45, 7) is 5.21. The minimum atomic E-state index is 0.436. The summed E-state index contributed by atoms with van der Waals surface area (Å²) in [5.74, 6) is 0. The normalized spacial score (nSPS) is 29.1. The third kappa shape index (κ3) is 2.76. The van der Waals surface area contributed by atoms with Crippen LogP contribution in [0.4, 0.5) is 0 Å². The van der Waals surface area contributed by atoms with E-state index < -0.39 is 0 Å². The Kier molecular flexibility index (Phi) is 4.39. The van der Waals surface area contributed by atoms with Crippen LogP contribution in [0.1, 0.15) is 36.9 Å². The summed E-state index contributed by atoms with van der Waals surface area (Å²) in [4.78, 5) is 2.50. The summed E-state index contributed by atoms with van der Waals surface area (Å²) < 4.78 is 5.79. The van der Waals surface area contributed by atoms with Gasteiger partial charge in [0, 0.05) is 25.2 Å². The third-order valence-corrected chi connectivity index (χ3v) is 4.71. The molecule has 1 N–H and O–H groups in total. The number of ether oxygens (including phenoxy) is 1. The van der Waals surface area contributed by atoms with Gasteiger partial charge in [0.15, 0.2) is 0 Å². The molecular formula is C17H26N2O. The summed E-state index contributed by atoms with van der Waals surface area (Å²) in [5.41, 5.74) is 2.99. The number of nitrogens with zero attached hydrogens (tertiary/aromatic N) is 1. The quantitative estimate of drug-likeness (QED) is 0.892. The molecule has 3 atom stereocenters. The first-order valence-electron chi connectivity index (χ1n) is 7.92. The van der Waals surface area contributed by atoms with E-state index in [1.807, 2.05) is 0 Å². The number of nitrogens with one attached hydrogen (secondary N) is 1. The van der Waals surface area contributed by atoms with Gasteiger partial charge in [-0.1, -0.05) is 31.2 Å². The van der Waals surface area contributed by atoms with Gasteiger partial charge in [-0.2, -0.15) is 0 Å². The second kappa shape index (κ2) is 6.25. The zero-order valence-electron chi connectivity index (χ0n) is 12.6. The molecular weight excluding hydrogens is 248 g/mol. The van der Waals surface area contributed by atoms with E-state index in [-0.39, 0.29) is 0 Å². The van der Waals surface area contributed by atoms with Crippen molar-refractivity contribution in [2.24, 2.45) is 0 Å². The van der Waals surface area contributed by atoms with Gasteiger partial charge < -0.3 is 10.1 Å². The third-order valence-electron chi connectivity index (χ3n) is 4.71. The number of benzene rings is 1. The van der Waals surface area contributed by atoms with E-state index >= 15 is 0 Å². The summed E-state index contributed by atoms with van der Waals surface area (Å²) in [6, 6.07) is 9.89. The molecule has 1 aromatic carbocycles. The van der Waals surface area contributed by atoms with Gasteiger partial charge in [-0.3, -0.25) is 4.90 Å². The van der Waals surface area contributed by atoms with E-state index in [4.69, 9.17) is 4.74 Å². The van der Waals surface area contributed by atoms with Crippen LogP contribution in [0.3, 0.4) is 0 Å². The maximum atomic E-state index is 5.79. The lowest BCUT2D eigenvalue weighted by Crippen LogP contribution is -2.43. The molecule has 1 fully saturated rings. The fourth-order valence-corrected chi connectivity index (χ4v) is 3.70. The Balaban J connectivity index is 1.72. The van der Waals surface area contributed by atoms with Crippen LogP contribution in [0.15, 0.2) is 24.3 Å². The molecule has 110 valence electrons. The molecule has 3 unspecified atom stereocenters. The summed E-state index contributed by atoms with van der Waals surface area (Å²) >= 11 is 0. The van der Waals surface area contributed by atoms with Crippen LogP contribution in [-0.2, 0) is 11.2 Å². The van der Waals surface area contributed by atoms with E-state index in [2.05, 4.69) is 48.5 Å². The lowest BCUT2D eigenvalue weighted by molar-refractivity contribution is 0.0630. The standard InChI is InChI=1S/C17H26N2O/c1-3-18-17-15-9-5-4-7-13(15)11-16(17)19(2)12-14-8-6-10-20-14/h4-5,7,9,14,16-18H,3,6,8,10-12H2,1-2H3. The maximum Gasteiger partial charge on any atom is 0.0702 e. The van der Waals surface area contributed by atoms with Crippen molar-refractivity contribution in [1.29, 1.82) is 0 Å². The van der Waals surface area contributed by atoms with E-state index in [1.165, 1.54) is 24.0 Å². The summed E-state index contributed by atoms with van der Waals surface area (Å²) in [7, 11) is 2.25. The molecule has 0 amide bonds. The Morgan fingerprint density at radius 3 is 2.95 bits per heavy atom. The van der Waals surface area contributed by atoms with Gasteiger partial charge in [-0.05, 0) is 44.0 Å². The lowest BCUT2D eigenvalue weighted by Gasteiger charge is -2.32. The molecule has 0 radical (unpaired) electrons. The number of hydrogen-bond acceptors (Lipinski definition) is 3. The van der Waals surface area contributed by atoms with Gasteiger partial charge in [0.1, 0.15) is 0 Å². The zero-order valence-corrected chi connectivity index (χ0v) is 12.6. The molecule has 1 aliphatic carbocycles. The van der Waals surface area contributed by atoms with E-state index in [0.717, 1.165) is 26.1 Å². The van der Waals surface area contributed by atoms with Crippen LogP contribution in [0.5, 0.6) is 0 Å². The second-order valence-electron chi connectivity index (χ2n) is 6.08. The molecule has 3 heteroatoms. The highest BCUT2D eigenvalue weighted by Crippen LogP contribution is 2.34. The Labute approximate surface area is 122 Å². The van der Waals surface area contributed by atoms with E-state index in [0.29, 0.717) is 18.2 Å². The van der Waals surface area contributed by atoms with Gasteiger partial charge in [0.25, 0.3) is 0 Å². The fourth-order valence-electron chi connectivity index (χ4n) is 3.70. The molecule has 0 aromatic heterocycles. The van der Waals surface area contributed by atoms with Crippen LogP contribution >= 0.6 is 0 Å². The van der Waals surface area contributed by atoms with Crippen molar-refractivity contribution >= 4 is 0 Å². The Morgan fingerprint density at radius 1 is 1.35 bits per heavy atom. The molecule has 2 aliphatic rings. The van der Waals surface area contributed by atoms with E-state index in [1.54, 1.807) is 0 Å². The first-order chi connectivity index (χ1) is 9.79. The van der Waals surface area contributed by atoms with E-state index in [9.17, 15) is 0 Å². The van der Waals surface area contributed by atoms with Crippen molar-refractivity contribution in [1.82, 2.24) is 10.2 Å². The molecule has 0 bridgehead atoms. The first kappa shape index (κ1) is 14.1.